The molecule has 0 aromatic rings. The fourth-order valence-electron chi connectivity index (χ4n) is 6.19. The predicted octanol–water partition coefficient (Wildman–Crippen LogP) is 10.9. The molecule has 0 heterocycles. The molecule has 52 heavy (non-hydrogen) atoms. The van der Waals surface area contributed by atoms with Gasteiger partial charge in [0.05, 0.1) is 34.4 Å². The molecule has 1 N–H and O–H groups in total. The molecule has 2 unspecified atom stereocenters. The smallest absolute Gasteiger partial charge is 0.361 e. The minimum absolute atomic E-state index is 0.176. The average molecular weight is 743 g/mol. The van der Waals surface area contributed by atoms with Gasteiger partial charge >= 0.3 is 17.9 Å². The van der Waals surface area contributed by atoms with Crippen molar-refractivity contribution in [3.05, 3.63) is 0 Å². The van der Waals surface area contributed by atoms with Crippen LogP contribution < -0.4 is 0 Å². The highest BCUT2D eigenvalue weighted by Gasteiger charge is 2.25. The van der Waals surface area contributed by atoms with Gasteiger partial charge in [-0.2, -0.15) is 0 Å². The maximum atomic E-state index is 12.7. The first-order valence-electron chi connectivity index (χ1n) is 21.7. The fraction of sp³-hybridized carbons (Fsp3) is 0.930. The number of hydrogen-bond donors (Lipinski definition) is 1. The second-order valence-corrected chi connectivity index (χ2v) is 16.0. The summed E-state index contributed by atoms with van der Waals surface area (Å²) >= 11 is 0. The summed E-state index contributed by atoms with van der Waals surface area (Å²) in [6, 6.07) is 0. The van der Waals surface area contributed by atoms with Crippen LogP contribution in [0.3, 0.4) is 0 Å². The molecule has 0 fully saturated rings. The Bertz CT molecular complexity index is 830. The number of carbonyl (C=O) groups is 3. The zero-order valence-electron chi connectivity index (χ0n) is 34.7. The van der Waals surface area contributed by atoms with E-state index in [2.05, 4.69) is 13.8 Å². The first-order valence-corrected chi connectivity index (χ1v) is 21.7. The predicted molar refractivity (Wildman–Crippen MR) is 212 cm³/mol. The number of esters is 2. The van der Waals surface area contributed by atoms with Crippen LogP contribution in [0.5, 0.6) is 0 Å². The van der Waals surface area contributed by atoms with Gasteiger partial charge in [-0.3, -0.25) is 9.59 Å². The highest BCUT2D eigenvalue weighted by Crippen LogP contribution is 2.16. The first kappa shape index (κ1) is 50.3. The van der Waals surface area contributed by atoms with E-state index in [0.29, 0.717) is 17.4 Å². The lowest BCUT2D eigenvalue weighted by Crippen LogP contribution is -2.40. The van der Waals surface area contributed by atoms with Crippen molar-refractivity contribution < 1.29 is 42.9 Å². The third kappa shape index (κ3) is 36.6. The second kappa shape index (κ2) is 36.3. The van der Waals surface area contributed by atoms with Crippen molar-refractivity contribution in [1.29, 1.82) is 0 Å². The van der Waals surface area contributed by atoms with Gasteiger partial charge in [-0.05, 0) is 12.8 Å². The number of rotatable bonds is 40. The van der Waals surface area contributed by atoms with Gasteiger partial charge in [0.25, 0.3) is 6.29 Å². The van der Waals surface area contributed by atoms with Gasteiger partial charge in [0.1, 0.15) is 13.2 Å². The summed E-state index contributed by atoms with van der Waals surface area (Å²) in [5, 5.41) is 9.58. The monoisotopic (exact) mass is 743 g/mol. The average Bonchev–Trinajstić information content (AvgIpc) is 3.10. The zero-order valence-corrected chi connectivity index (χ0v) is 34.7. The maximum Gasteiger partial charge on any atom is 0.361 e. The lowest BCUT2D eigenvalue weighted by molar-refractivity contribution is -0.870. The Kier molecular flexibility index (Phi) is 35.1. The Labute approximate surface area is 320 Å². The molecule has 308 valence electrons. The molecule has 0 aromatic heterocycles. The van der Waals surface area contributed by atoms with Crippen LogP contribution in [-0.4, -0.2) is 87.4 Å². The van der Waals surface area contributed by atoms with Crippen molar-refractivity contribution in [3.8, 4) is 0 Å². The van der Waals surface area contributed by atoms with Crippen LogP contribution in [0.1, 0.15) is 200 Å². The summed E-state index contributed by atoms with van der Waals surface area (Å²) in [6.45, 7) is 4.83. The van der Waals surface area contributed by atoms with Gasteiger partial charge in [0.2, 0.25) is 0 Å². The van der Waals surface area contributed by atoms with Crippen molar-refractivity contribution in [2.75, 3.05) is 47.5 Å². The zero-order chi connectivity index (χ0) is 38.5. The number of likely N-dealkylation sites (N-methyl/N-ethyl adjacent to an activating group) is 1. The van der Waals surface area contributed by atoms with Crippen LogP contribution in [0.4, 0.5) is 0 Å². The summed E-state index contributed by atoms with van der Waals surface area (Å²) < 4.78 is 22.6. The van der Waals surface area contributed by atoms with Gasteiger partial charge in [-0.1, -0.05) is 174 Å². The number of hydrogen-bond acceptors (Lipinski definition) is 7. The van der Waals surface area contributed by atoms with Gasteiger partial charge in [0, 0.05) is 12.8 Å². The molecule has 0 saturated heterocycles. The van der Waals surface area contributed by atoms with E-state index in [1.54, 1.807) is 0 Å². The molecular weight excluding hydrogens is 658 g/mol. The Morgan fingerprint density at radius 3 is 1.23 bits per heavy atom. The van der Waals surface area contributed by atoms with Crippen LogP contribution in [0, 0.1) is 0 Å². The van der Waals surface area contributed by atoms with Gasteiger partial charge in [-0.25, -0.2) is 4.79 Å². The van der Waals surface area contributed by atoms with Crippen molar-refractivity contribution in [3.63, 3.8) is 0 Å². The number of aliphatic carboxylic acids is 1. The third-order valence-corrected chi connectivity index (χ3v) is 9.61. The van der Waals surface area contributed by atoms with E-state index in [1.807, 2.05) is 21.1 Å². The molecule has 0 saturated carbocycles. The van der Waals surface area contributed by atoms with Crippen molar-refractivity contribution in [2.24, 2.45) is 0 Å². The molecule has 9 heteroatoms. The van der Waals surface area contributed by atoms with Crippen molar-refractivity contribution in [2.45, 2.75) is 212 Å². The van der Waals surface area contributed by atoms with Crippen LogP contribution in [-0.2, 0) is 33.3 Å². The largest absolute Gasteiger partial charge is 0.477 e. The molecule has 0 aliphatic carbocycles. The SMILES string of the molecule is CCCCCCCCCCCCCCCCCCCCCCCC(=O)OC(COC(=O)CCCCCCCC)COC(OCC[N+](C)(C)C)C(=O)O. The Balaban J connectivity index is 4.20. The number of quaternary nitrogens is 1. The first-order chi connectivity index (χ1) is 25.1. The van der Waals surface area contributed by atoms with E-state index < -0.39 is 24.3 Å². The van der Waals surface area contributed by atoms with Crippen LogP contribution in [0.15, 0.2) is 0 Å². The molecule has 0 aromatic carbocycles. The van der Waals surface area contributed by atoms with Gasteiger partial charge < -0.3 is 28.5 Å². The molecular formula is C43H84NO8+. The van der Waals surface area contributed by atoms with Crippen LogP contribution in [0.2, 0.25) is 0 Å². The quantitative estimate of drug-likeness (QED) is 0.0286. The summed E-state index contributed by atoms with van der Waals surface area (Å²) in [5.74, 6) is -2.00. The number of unbranched alkanes of at least 4 members (excludes halogenated alkanes) is 25. The normalized spacial score (nSPS) is 12.9. The Morgan fingerprint density at radius 2 is 0.865 bits per heavy atom. The second-order valence-electron chi connectivity index (χ2n) is 16.0. The molecule has 0 rings (SSSR count). The minimum atomic E-state index is -1.50. The fourth-order valence-corrected chi connectivity index (χ4v) is 6.19. The lowest BCUT2D eigenvalue weighted by Gasteiger charge is -2.25. The topological polar surface area (TPSA) is 108 Å². The molecule has 0 spiro atoms. The van der Waals surface area contributed by atoms with E-state index in [0.717, 1.165) is 38.5 Å². The van der Waals surface area contributed by atoms with Crippen LogP contribution in [0.25, 0.3) is 0 Å². The van der Waals surface area contributed by atoms with E-state index in [4.69, 9.17) is 18.9 Å². The summed E-state index contributed by atoms with van der Waals surface area (Å²) in [5.41, 5.74) is 0. The van der Waals surface area contributed by atoms with Crippen molar-refractivity contribution >= 4 is 17.9 Å². The standard InChI is InChI=1S/C43H83NO8/c1-6-8-10-12-14-15-16-17-18-19-20-21-22-23-24-25-26-27-28-30-32-34-41(46)52-39(37-50-40(45)33-31-29-13-11-9-7-2)38-51-43(42(47)48)49-36-35-44(3,4)5/h39,43H,6-38H2,1-5H3/p+1. The Hall–Kier alpha value is -1.71. The number of carboxylic acids is 1. The number of carbonyl (C=O) groups excluding carboxylic acids is 2. The molecule has 0 aliphatic rings. The van der Waals surface area contributed by atoms with E-state index >= 15 is 0 Å². The highest BCUT2D eigenvalue weighted by molar-refractivity contribution is 5.71. The number of nitrogens with zero attached hydrogens (tertiary/aromatic N) is 1. The van der Waals surface area contributed by atoms with Gasteiger partial charge in [-0.15, -0.1) is 0 Å². The summed E-state index contributed by atoms with van der Waals surface area (Å²) in [7, 11) is 5.95. The van der Waals surface area contributed by atoms with Crippen molar-refractivity contribution in [1.82, 2.24) is 0 Å². The minimum Gasteiger partial charge on any atom is -0.477 e. The third-order valence-electron chi connectivity index (χ3n) is 9.61. The maximum absolute atomic E-state index is 12.7. The lowest BCUT2D eigenvalue weighted by atomic mass is 10.0. The molecule has 2 atom stereocenters. The number of carboxylic acid groups (broad SMARTS) is 1. The molecule has 0 amide bonds. The highest BCUT2D eigenvalue weighted by atomic mass is 16.7. The summed E-state index contributed by atoms with van der Waals surface area (Å²) in [4.78, 5) is 36.8. The molecule has 9 nitrogen and oxygen atoms in total. The Morgan fingerprint density at radius 1 is 0.500 bits per heavy atom. The van der Waals surface area contributed by atoms with Crippen LogP contribution >= 0.6 is 0 Å². The summed E-state index contributed by atoms with van der Waals surface area (Å²) in [6.07, 6.45) is 32.0. The molecule has 0 radical (unpaired) electrons. The van der Waals surface area contributed by atoms with E-state index in [1.165, 1.54) is 135 Å². The molecule has 0 bridgehead atoms. The van der Waals surface area contributed by atoms with E-state index in [9.17, 15) is 19.5 Å². The van der Waals surface area contributed by atoms with Gasteiger partial charge in [0.15, 0.2) is 6.10 Å². The number of ether oxygens (including phenoxy) is 4. The van der Waals surface area contributed by atoms with E-state index in [-0.39, 0.29) is 32.2 Å². The molecule has 0 aliphatic heterocycles.